The van der Waals surface area contributed by atoms with Crippen molar-refractivity contribution in [2.24, 2.45) is 0 Å². The number of likely N-dealkylation sites (N-methyl/N-ethyl adjacent to an activating group) is 1. The quantitative estimate of drug-likeness (QED) is 0.704. The Hall–Kier alpha value is -2.68. The number of nitrogens with zero attached hydrogens (tertiary/aromatic N) is 6. The number of piperazine rings is 1. The standard InChI is InChI=1S/C22H28N6O2/c1-25-6-8-26(9-7-25)14-17-15-28-16-19(18-4-2-3-5-20(18)29)24-22(21(28)23-17)27-10-12-30-13-11-27/h2-5,15-16,29H,6-14H2,1H3. The highest BCUT2D eigenvalue weighted by Gasteiger charge is 2.21. The number of anilines is 1. The zero-order valence-electron chi connectivity index (χ0n) is 17.4. The van der Waals surface area contributed by atoms with Gasteiger partial charge in [0.1, 0.15) is 5.75 Å². The Labute approximate surface area is 176 Å². The molecular formula is C22H28N6O2. The molecule has 2 aliphatic rings. The summed E-state index contributed by atoms with van der Waals surface area (Å²) in [6, 6.07) is 7.34. The van der Waals surface area contributed by atoms with Gasteiger partial charge in [0.05, 0.1) is 24.6 Å². The zero-order chi connectivity index (χ0) is 20.5. The van der Waals surface area contributed by atoms with Crippen LogP contribution in [0.4, 0.5) is 5.82 Å². The highest BCUT2D eigenvalue weighted by Crippen LogP contribution is 2.31. The lowest BCUT2D eigenvalue weighted by atomic mass is 10.1. The first-order valence-corrected chi connectivity index (χ1v) is 10.6. The van der Waals surface area contributed by atoms with Crippen LogP contribution in [-0.2, 0) is 11.3 Å². The number of aromatic nitrogens is 3. The van der Waals surface area contributed by atoms with Crippen LogP contribution >= 0.6 is 0 Å². The Morgan fingerprint density at radius 1 is 0.967 bits per heavy atom. The van der Waals surface area contributed by atoms with Crippen molar-refractivity contribution in [3.63, 3.8) is 0 Å². The van der Waals surface area contributed by atoms with E-state index in [9.17, 15) is 5.11 Å². The Morgan fingerprint density at radius 2 is 1.73 bits per heavy atom. The van der Waals surface area contributed by atoms with Crippen LogP contribution in [0.15, 0.2) is 36.7 Å². The fourth-order valence-electron chi connectivity index (χ4n) is 4.15. The van der Waals surface area contributed by atoms with Crippen molar-refractivity contribution in [1.29, 1.82) is 0 Å². The first-order chi connectivity index (χ1) is 14.7. The summed E-state index contributed by atoms with van der Waals surface area (Å²) in [6.07, 6.45) is 4.07. The highest BCUT2D eigenvalue weighted by atomic mass is 16.5. The minimum Gasteiger partial charge on any atom is -0.507 e. The van der Waals surface area contributed by atoms with Crippen LogP contribution < -0.4 is 4.90 Å². The van der Waals surface area contributed by atoms with Gasteiger partial charge in [-0.25, -0.2) is 9.97 Å². The van der Waals surface area contributed by atoms with Gasteiger partial charge in [-0.2, -0.15) is 0 Å². The topological polar surface area (TPSA) is 69.4 Å². The van der Waals surface area contributed by atoms with E-state index in [4.69, 9.17) is 14.7 Å². The van der Waals surface area contributed by atoms with Gasteiger partial charge in [0.15, 0.2) is 11.5 Å². The number of imidazole rings is 1. The van der Waals surface area contributed by atoms with Crippen LogP contribution in [0, 0.1) is 0 Å². The molecule has 5 rings (SSSR count). The van der Waals surface area contributed by atoms with Gasteiger partial charge < -0.3 is 24.0 Å². The minimum absolute atomic E-state index is 0.232. The number of ether oxygens (including phenoxy) is 1. The second-order valence-electron chi connectivity index (χ2n) is 8.11. The van der Waals surface area contributed by atoms with Crippen molar-refractivity contribution in [2.75, 3.05) is 64.4 Å². The lowest BCUT2D eigenvalue weighted by Gasteiger charge is -2.31. The van der Waals surface area contributed by atoms with Crippen molar-refractivity contribution in [1.82, 2.24) is 24.2 Å². The number of para-hydroxylation sites is 1. The molecule has 2 aromatic heterocycles. The summed E-state index contributed by atoms with van der Waals surface area (Å²) >= 11 is 0. The van der Waals surface area contributed by atoms with Gasteiger partial charge in [-0.1, -0.05) is 12.1 Å². The van der Waals surface area contributed by atoms with Crippen LogP contribution in [0.25, 0.3) is 16.9 Å². The highest BCUT2D eigenvalue weighted by molar-refractivity contribution is 5.73. The second-order valence-corrected chi connectivity index (χ2v) is 8.11. The van der Waals surface area contributed by atoms with E-state index in [0.717, 1.165) is 74.2 Å². The molecule has 0 spiro atoms. The maximum atomic E-state index is 10.4. The molecule has 2 fully saturated rings. The second kappa shape index (κ2) is 8.22. The number of rotatable bonds is 4. The van der Waals surface area contributed by atoms with Gasteiger partial charge in [0, 0.05) is 63.8 Å². The summed E-state index contributed by atoms with van der Waals surface area (Å²) in [7, 11) is 2.17. The molecule has 1 aromatic carbocycles. The third kappa shape index (κ3) is 3.86. The van der Waals surface area contributed by atoms with Crippen LogP contribution in [-0.4, -0.2) is 88.8 Å². The number of phenolic OH excluding ortho intramolecular Hbond substituents is 1. The maximum absolute atomic E-state index is 10.4. The SMILES string of the molecule is CN1CCN(Cc2cn3cc(-c4ccccc4O)nc(N4CCOCC4)c3n2)CC1. The Kier molecular flexibility index (Phi) is 5.28. The lowest BCUT2D eigenvalue weighted by molar-refractivity contribution is 0.122. The molecule has 4 heterocycles. The number of fused-ring (bicyclic) bond motifs is 1. The lowest BCUT2D eigenvalue weighted by Crippen LogP contribution is -2.43. The van der Waals surface area contributed by atoms with E-state index in [2.05, 4.69) is 32.3 Å². The summed E-state index contributed by atoms with van der Waals surface area (Å²) < 4.78 is 7.59. The zero-order valence-corrected chi connectivity index (χ0v) is 17.4. The fraction of sp³-hybridized carbons (Fsp3) is 0.455. The third-order valence-corrected chi connectivity index (χ3v) is 5.94. The molecule has 0 radical (unpaired) electrons. The van der Waals surface area contributed by atoms with E-state index in [-0.39, 0.29) is 5.75 Å². The van der Waals surface area contributed by atoms with Crippen LogP contribution in [0.5, 0.6) is 5.75 Å². The Morgan fingerprint density at radius 3 is 2.50 bits per heavy atom. The average Bonchev–Trinajstić information content (AvgIpc) is 3.18. The molecule has 2 aliphatic heterocycles. The number of aromatic hydroxyl groups is 1. The van der Waals surface area contributed by atoms with Crippen molar-refractivity contribution < 1.29 is 9.84 Å². The third-order valence-electron chi connectivity index (χ3n) is 5.94. The van der Waals surface area contributed by atoms with Crippen molar-refractivity contribution in [3.05, 3.63) is 42.4 Å². The van der Waals surface area contributed by atoms with Crippen molar-refractivity contribution in [3.8, 4) is 17.0 Å². The maximum Gasteiger partial charge on any atom is 0.180 e. The van der Waals surface area contributed by atoms with Gasteiger partial charge >= 0.3 is 0 Å². The van der Waals surface area contributed by atoms with E-state index in [1.165, 1.54) is 0 Å². The minimum atomic E-state index is 0.232. The molecule has 8 nitrogen and oxygen atoms in total. The number of phenols is 1. The van der Waals surface area contributed by atoms with E-state index in [1.54, 1.807) is 6.07 Å². The fourth-order valence-corrected chi connectivity index (χ4v) is 4.15. The molecule has 30 heavy (non-hydrogen) atoms. The molecule has 0 aliphatic carbocycles. The summed E-state index contributed by atoms with van der Waals surface area (Å²) in [5.41, 5.74) is 3.37. The molecule has 0 unspecified atom stereocenters. The molecule has 158 valence electrons. The molecule has 0 saturated carbocycles. The molecule has 0 amide bonds. The number of morpholine rings is 1. The van der Waals surface area contributed by atoms with Gasteiger partial charge in [-0.05, 0) is 19.2 Å². The van der Waals surface area contributed by atoms with Crippen LogP contribution in [0.3, 0.4) is 0 Å². The molecule has 8 heteroatoms. The first kappa shape index (κ1) is 19.3. The van der Waals surface area contributed by atoms with Crippen LogP contribution in [0.2, 0.25) is 0 Å². The number of benzene rings is 1. The number of hydrogen-bond donors (Lipinski definition) is 1. The van der Waals surface area contributed by atoms with E-state index in [1.807, 2.05) is 24.4 Å². The van der Waals surface area contributed by atoms with Gasteiger partial charge in [0.25, 0.3) is 0 Å². The van der Waals surface area contributed by atoms with Crippen LogP contribution in [0.1, 0.15) is 5.69 Å². The van der Waals surface area contributed by atoms with E-state index < -0.39 is 0 Å². The summed E-state index contributed by atoms with van der Waals surface area (Å²) in [5, 5.41) is 10.4. The molecule has 1 N–H and O–H groups in total. The monoisotopic (exact) mass is 408 g/mol. The Balaban J connectivity index is 1.54. The predicted molar refractivity (Wildman–Crippen MR) is 116 cm³/mol. The summed E-state index contributed by atoms with van der Waals surface area (Å²) in [5.74, 6) is 1.08. The molecule has 0 atom stereocenters. The summed E-state index contributed by atoms with van der Waals surface area (Å²) in [6.45, 7) is 8.07. The molecular weight excluding hydrogens is 380 g/mol. The average molecular weight is 409 g/mol. The molecule has 2 saturated heterocycles. The summed E-state index contributed by atoms with van der Waals surface area (Å²) in [4.78, 5) is 16.9. The van der Waals surface area contributed by atoms with E-state index in [0.29, 0.717) is 13.2 Å². The predicted octanol–water partition coefficient (Wildman–Crippen LogP) is 1.69. The van der Waals surface area contributed by atoms with Crippen molar-refractivity contribution in [2.45, 2.75) is 6.54 Å². The molecule has 3 aromatic rings. The molecule has 0 bridgehead atoms. The largest absolute Gasteiger partial charge is 0.507 e. The first-order valence-electron chi connectivity index (χ1n) is 10.6. The Bertz CT molecular complexity index is 1020. The van der Waals surface area contributed by atoms with Crippen molar-refractivity contribution >= 4 is 11.5 Å². The number of hydrogen-bond acceptors (Lipinski definition) is 7. The van der Waals surface area contributed by atoms with Gasteiger partial charge in [-0.15, -0.1) is 0 Å². The van der Waals surface area contributed by atoms with Gasteiger partial charge in [-0.3, -0.25) is 4.90 Å². The van der Waals surface area contributed by atoms with Gasteiger partial charge in [0.2, 0.25) is 0 Å². The van der Waals surface area contributed by atoms with E-state index >= 15 is 0 Å². The smallest absolute Gasteiger partial charge is 0.180 e. The normalized spacial score (nSPS) is 18.9.